The number of hydrogen-bond acceptors (Lipinski definition) is 8. The topological polar surface area (TPSA) is 106 Å². The highest BCUT2D eigenvalue weighted by Crippen LogP contribution is 2.27. The van der Waals surface area contributed by atoms with E-state index in [2.05, 4.69) is 20.9 Å². The van der Waals surface area contributed by atoms with Crippen molar-refractivity contribution in [3.8, 4) is 5.75 Å². The molecule has 0 atom stereocenters. The van der Waals surface area contributed by atoms with Gasteiger partial charge < -0.3 is 18.9 Å². The van der Waals surface area contributed by atoms with E-state index in [1.807, 2.05) is 0 Å². The SMILES string of the molecule is CC(C)(C)OC(=O)OCn1cnc2c(OCOC(=O)C(C)(C)C)cc(Br)cc2c1=O. The first kappa shape index (κ1) is 23.7. The molecule has 0 aliphatic heterocycles. The van der Waals surface area contributed by atoms with Gasteiger partial charge in [-0.25, -0.2) is 9.78 Å². The van der Waals surface area contributed by atoms with Crippen LogP contribution in [0.4, 0.5) is 4.79 Å². The van der Waals surface area contributed by atoms with Gasteiger partial charge in [-0.2, -0.15) is 0 Å². The number of aromatic nitrogens is 2. The van der Waals surface area contributed by atoms with Crippen molar-refractivity contribution < 1.29 is 28.5 Å². The van der Waals surface area contributed by atoms with E-state index in [-0.39, 0.29) is 30.2 Å². The molecular weight excluding hydrogens is 460 g/mol. The maximum Gasteiger partial charge on any atom is 0.510 e. The Hall–Kier alpha value is -2.62. The Kier molecular flexibility index (Phi) is 7.12. The van der Waals surface area contributed by atoms with Crippen LogP contribution in [0.5, 0.6) is 5.75 Å². The van der Waals surface area contributed by atoms with Crippen LogP contribution in [0.2, 0.25) is 0 Å². The third-order valence-corrected chi connectivity index (χ3v) is 4.04. The first-order chi connectivity index (χ1) is 13.8. The van der Waals surface area contributed by atoms with Gasteiger partial charge >= 0.3 is 12.1 Å². The quantitative estimate of drug-likeness (QED) is 0.463. The highest BCUT2D eigenvalue weighted by Gasteiger charge is 2.23. The molecule has 0 radical (unpaired) electrons. The summed E-state index contributed by atoms with van der Waals surface area (Å²) in [6.07, 6.45) is 0.338. The smallest absolute Gasteiger partial charge is 0.455 e. The fourth-order valence-electron chi connectivity index (χ4n) is 2.17. The highest BCUT2D eigenvalue weighted by atomic mass is 79.9. The Morgan fingerprint density at radius 2 is 1.77 bits per heavy atom. The molecule has 0 N–H and O–H groups in total. The molecule has 164 valence electrons. The second-order valence-electron chi connectivity index (χ2n) is 8.50. The van der Waals surface area contributed by atoms with Gasteiger partial charge in [-0.05, 0) is 53.7 Å². The van der Waals surface area contributed by atoms with Crippen molar-refractivity contribution in [3.05, 3.63) is 33.3 Å². The average molecular weight is 485 g/mol. The zero-order valence-electron chi connectivity index (χ0n) is 17.8. The Bertz CT molecular complexity index is 1000. The molecule has 2 aromatic rings. The summed E-state index contributed by atoms with van der Waals surface area (Å²) in [5, 5.41) is 0.233. The van der Waals surface area contributed by atoms with Crippen LogP contribution in [0.15, 0.2) is 27.7 Å². The molecule has 9 nitrogen and oxygen atoms in total. The number of esters is 1. The summed E-state index contributed by atoms with van der Waals surface area (Å²) >= 11 is 3.32. The predicted octanol–water partition coefficient (Wildman–Crippen LogP) is 3.99. The molecule has 0 unspecified atom stereocenters. The molecule has 0 aliphatic carbocycles. The van der Waals surface area contributed by atoms with Crippen LogP contribution in [0, 0.1) is 5.41 Å². The average Bonchev–Trinajstić information content (AvgIpc) is 2.59. The standard InChI is InChI=1S/C20H25BrN2O7/c1-19(2,3)17(25)29-11-28-14-8-12(21)7-13-15(14)22-9-23(16(13)24)10-27-18(26)30-20(4,5)6/h7-9H,10-11H2,1-6H3. The van der Waals surface area contributed by atoms with E-state index in [1.54, 1.807) is 53.7 Å². The number of rotatable bonds is 5. The second-order valence-corrected chi connectivity index (χ2v) is 9.42. The Balaban J connectivity index is 2.20. The van der Waals surface area contributed by atoms with Crippen molar-refractivity contribution in [3.63, 3.8) is 0 Å². The molecule has 0 saturated carbocycles. The van der Waals surface area contributed by atoms with Crippen molar-refractivity contribution in [2.24, 2.45) is 5.41 Å². The van der Waals surface area contributed by atoms with Gasteiger partial charge in [0.1, 0.15) is 17.4 Å². The molecule has 0 bridgehead atoms. The molecule has 1 aromatic carbocycles. The molecule has 0 amide bonds. The number of halogens is 1. The van der Waals surface area contributed by atoms with Crippen molar-refractivity contribution in [1.82, 2.24) is 9.55 Å². The summed E-state index contributed by atoms with van der Waals surface area (Å²) in [5.74, 6) is -0.158. The fraction of sp³-hybridized carbons (Fsp3) is 0.500. The van der Waals surface area contributed by atoms with Gasteiger partial charge in [0.15, 0.2) is 12.5 Å². The number of carbonyl (C=O) groups excluding carboxylic acids is 2. The number of nitrogens with zero attached hydrogens (tertiary/aromatic N) is 2. The van der Waals surface area contributed by atoms with Crippen LogP contribution in [-0.4, -0.2) is 34.1 Å². The van der Waals surface area contributed by atoms with Crippen LogP contribution in [0.3, 0.4) is 0 Å². The molecule has 0 aliphatic rings. The molecule has 1 heterocycles. The molecular formula is C20H25BrN2O7. The van der Waals surface area contributed by atoms with E-state index in [4.69, 9.17) is 18.9 Å². The first-order valence-electron chi connectivity index (χ1n) is 9.12. The monoisotopic (exact) mass is 484 g/mol. The van der Waals surface area contributed by atoms with E-state index in [1.165, 1.54) is 6.33 Å². The van der Waals surface area contributed by atoms with Crippen molar-refractivity contribution >= 4 is 39.0 Å². The maximum absolute atomic E-state index is 12.8. The zero-order valence-corrected chi connectivity index (χ0v) is 19.4. The molecule has 0 fully saturated rings. The molecule has 1 aromatic heterocycles. The number of fused-ring (bicyclic) bond motifs is 1. The lowest BCUT2D eigenvalue weighted by Crippen LogP contribution is -2.28. The van der Waals surface area contributed by atoms with Gasteiger partial charge in [0, 0.05) is 4.47 Å². The van der Waals surface area contributed by atoms with Gasteiger partial charge in [-0.15, -0.1) is 0 Å². The van der Waals surface area contributed by atoms with Gasteiger partial charge in [-0.3, -0.25) is 14.2 Å². The highest BCUT2D eigenvalue weighted by molar-refractivity contribution is 9.10. The number of hydrogen-bond donors (Lipinski definition) is 0. The zero-order chi connectivity index (χ0) is 22.7. The molecule has 0 saturated heterocycles. The van der Waals surface area contributed by atoms with Gasteiger partial charge in [0.2, 0.25) is 6.79 Å². The van der Waals surface area contributed by atoms with Gasteiger partial charge in [0.05, 0.1) is 10.8 Å². The lowest BCUT2D eigenvalue weighted by Gasteiger charge is -2.19. The summed E-state index contributed by atoms with van der Waals surface area (Å²) in [6.45, 7) is 9.62. The number of carbonyl (C=O) groups is 2. The molecule has 0 spiro atoms. The third-order valence-electron chi connectivity index (χ3n) is 3.59. The second kappa shape index (κ2) is 9.03. The van der Waals surface area contributed by atoms with Crippen LogP contribution < -0.4 is 10.3 Å². The minimum Gasteiger partial charge on any atom is -0.455 e. The minimum atomic E-state index is -0.895. The van der Waals surface area contributed by atoms with Crippen molar-refractivity contribution in [2.45, 2.75) is 53.9 Å². The summed E-state index contributed by atoms with van der Waals surface area (Å²) in [5.41, 5.74) is -1.54. The molecule has 2 rings (SSSR count). The Labute approximate surface area is 182 Å². The van der Waals surface area contributed by atoms with Crippen LogP contribution in [0.1, 0.15) is 41.5 Å². The Morgan fingerprint density at radius 1 is 1.10 bits per heavy atom. The normalized spacial score (nSPS) is 11.8. The maximum atomic E-state index is 12.8. The molecule has 30 heavy (non-hydrogen) atoms. The van der Waals surface area contributed by atoms with E-state index < -0.39 is 28.7 Å². The summed E-state index contributed by atoms with van der Waals surface area (Å²) in [6, 6.07) is 3.18. The number of ether oxygens (including phenoxy) is 4. The minimum absolute atomic E-state index is 0.233. The number of benzene rings is 1. The van der Waals surface area contributed by atoms with Crippen LogP contribution >= 0.6 is 15.9 Å². The summed E-state index contributed by atoms with van der Waals surface area (Å²) in [4.78, 5) is 40.6. The van der Waals surface area contributed by atoms with E-state index in [9.17, 15) is 14.4 Å². The fourth-order valence-corrected chi connectivity index (χ4v) is 2.61. The van der Waals surface area contributed by atoms with Crippen molar-refractivity contribution in [2.75, 3.05) is 6.79 Å². The van der Waals surface area contributed by atoms with E-state index >= 15 is 0 Å². The van der Waals surface area contributed by atoms with Gasteiger partial charge in [-0.1, -0.05) is 15.9 Å². The van der Waals surface area contributed by atoms with Crippen molar-refractivity contribution in [1.29, 1.82) is 0 Å². The van der Waals surface area contributed by atoms with Crippen LogP contribution in [0.25, 0.3) is 10.9 Å². The lowest BCUT2D eigenvalue weighted by atomic mass is 9.98. The third kappa shape index (κ3) is 6.45. The molecule has 10 heteroatoms. The van der Waals surface area contributed by atoms with E-state index in [0.29, 0.717) is 4.47 Å². The van der Waals surface area contributed by atoms with Crippen LogP contribution in [-0.2, 0) is 25.7 Å². The first-order valence-corrected chi connectivity index (χ1v) is 9.92. The predicted molar refractivity (Wildman–Crippen MR) is 112 cm³/mol. The van der Waals surface area contributed by atoms with E-state index in [0.717, 1.165) is 4.57 Å². The van der Waals surface area contributed by atoms with Gasteiger partial charge in [0.25, 0.3) is 5.56 Å². The largest absolute Gasteiger partial charge is 0.510 e. The Morgan fingerprint density at radius 3 is 2.37 bits per heavy atom. The lowest BCUT2D eigenvalue weighted by molar-refractivity contribution is -0.159. The summed E-state index contributed by atoms with van der Waals surface area (Å²) < 4.78 is 22.3. The summed E-state index contributed by atoms with van der Waals surface area (Å²) in [7, 11) is 0.